The van der Waals surface area contributed by atoms with E-state index in [1.54, 1.807) is 0 Å². The minimum atomic E-state index is -1.47. The summed E-state index contributed by atoms with van der Waals surface area (Å²) >= 11 is 0. The van der Waals surface area contributed by atoms with Crippen LogP contribution in [0.3, 0.4) is 0 Å². The zero-order valence-corrected chi connectivity index (χ0v) is 25.1. The van der Waals surface area contributed by atoms with Gasteiger partial charge < -0.3 is 20.9 Å². The summed E-state index contributed by atoms with van der Waals surface area (Å²) in [5, 5.41) is 12.8. The Hall–Kier alpha value is -5.69. The lowest BCUT2D eigenvalue weighted by Crippen LogP contribution is -2.50. The standard InChI is InChI=1S/C39H34N2O5/c40-36(42)34(39(28-15-4-1-5-16-28,29-17-6-2-7-18-29)30-19-8-3-9-20-30)24-35(37(43)44)41-38(45)46-25-27-14-12-22-32-31-21-11-10-13-26(31)23-33(27)32/h1-22,34-35H,23-25H2,(H2,40,42)(H,41,45)(H,43,44). The maximum absolute atomic E-state index is 13.5. The quantitative estimate of drug-likeness (QED) is 0.146. The van der Waals surface area contributed by atoms with E-state index in [4.69, 9.17) is 10.5 Å². The van der Waals surface area contributed by atoms with Crippen LogP contribution in [0.1, 0.15) is 39.8 Å². The lowest BCUT2D eigenvalue weighted by atomic mass is 9.60. The molecule has 46 heavy (non-hydrogen) atoms. The Morgan fingerprint density at radius 1 is 0.717 bits per heavy atom. The molecular weight excluding hydrogens is 576 g/mol. The van der Waals surface area contributed by atoms with Crippen molar-refractivity contribution in [3.05, 3.63) is 167 Å². The third-order valence-electron chi connectivity index (χ3n) is 8.92. The first kappa shape index (κ1) is 30.3. The molecule has 6 rings (SSSR count). The number of amides is 2. The molecule has 7 nitrogen and oxygen atoms in total. The largest absolute Gasteiger partial charge is 0.480 e. The normalized spacial score (nSPS) is 13.1. The summed E-state index contributed by atoms with van der Waals surface area (Å²) in [6.07, 6.45) is -0.451. The average Bonchev–Trinajstić information content (AvgIpc) is 3.47. The van der Waals surface area contributed by atoms with Gasteiger partial charge in [-0.05, 0) is 57.3 Å². The van der Waals surface area contributed by atoms with Crippen LogP contribution in [0.5, 0.6) is 0 Å². The van der Waals surface area contributed by atoms with Gasteiger partial charge in [-0.1, -0.05) is 133 Å². The van der Waals surface area contributed by atoms with Gasteiger partial charge in [-0.15, -0.1) is 0 Å². The molecule has 0 saturated heterocycles. The monoisotopic (exact) mass is 610 g/mol. The van der Waals surface area contributed by atoms with Gasteiger partial charge in [-0.2, -0.15) is 0 Å². The zero-order valence-electron chi connectivity index (χ0n) is 25.1. The summed E-state index contributed by atoms with van der Waals surface area (Å²) in [6, 6.07) is 40.9. The number of hydrogen-bond acceptors (Lipinski definition) is 4. The van der Waals surface area contributed by atoms with Crippen molar-refractivity contribution >= 4 is 18.0 Å². The zero-order chi connectivity index (χ0) is 32.1. The second-order valence-electron chi connectivity index (χ2n) is 11.5. The molecule has 2 unspecified atom stereocenters. The molecule has 5 aromatic rings. The maximum atomic E-state index is 13.5. The number of carbonyl (C=O) groups is 3. The lowest BCUT2D eigenvalue weighted by Gasteiger charge is -2.42. The van der Waals surface area contributed by atoms with Crippen LogP contribution >= 0.6 is 0 Å². The van der Waals surface area contributed by atoms with Crippen molar-refractivity contribution in [2.75, 3.05) is 0 Å². The molecule has 2 amide bonds. The Morgan fingerprint density at radius 3 is 1.78 bits per heavy atom. The number of carboxylic acid groups (broad SMARTS) is 1. The Balaban J connectivity index is 1.30. The maximum Gasteiger partial charge on any atom is 0.408 e. The highest BCUT2D eigenvalue weighted by Gasteiger charge is 2.48. The van der Waals surface area contributed by atoms with E-state index in [9.17, 15) is 19.5 Å². The van der Waals surface area contributed by atoms with Crippen LogP contribution in [-0.2, 0) is 32.8 Å². The molecule has 1 aliphatic rings. The minimum absolute atomic E-state index is 0.0312. The Morgan fingerprint density at radius 2 is 1.24 bits per heavy atom. The van der Waals surface area contributed by atoms with E-state index in [0.717, 1.165) is 45.4 Å². The predicted molar refractivity (Wildman–Crippen MR) is 176 cm³/mol. The fourth-order valence-corrected chi connectivity index (χ4v) is 6.86. The van der Waals surface area contributed by atoms with Crippen LogP contribution in [0, 0.1) is 5.92 Å². The van der Waals surface area contributed by atoms with Gasteiger partial charge in [0.15, 0.2) is 0 Å². The molecule has 1 aliphatic carbocycles. The summed E-state index contributed by atoms with van der Waals surface area (Å²) in [5.74, 6) is -3.07. The number of aliphatic carboxylic acids is 1. The molecule has 0 saturated carbocycles. The number of carboxylic acids is 1. The van der Waals surface area contributed by atoms with Crippen LogP contribution in [0.15, 0.2) is 133 Å². The summed E-state index contributed by atoms with van der Waals surface area (Å²) < 4.78 is 5.58. The van der Waals surface area contributed by atoms with E-state index in [0.29, 0.717) is 0 Å². The molecule has 5 aromatic carbocycles. The van der Waals surface area contributed by atoms with Gasteiger partial charge >= 0.3 is 12.1 Å². The molecule has 0 fully saturated rings. The number of nitrogens with two attached hydrogens (primary N) is 1. The van der Waals surface area contributed by atoms with Gasteiger partial charge in [0.05, 0.1) is 11.3 Å². The molecule has 4 N–H and O–H groups in total. The number of rotatable bonds is 11. The summed E-state index contributed by atoms with van der Waals surface area (Å²) in [5.41, 5.74) is 12.7. The van der Waals surface area contributed by atoms with E-state index in [1.165, 1.54) is 5.56 Å². The van der Waals surface area contributed by atoms with Crippen molar-refractivity contribution in [1.82, 2.24) is 5.32 Å². The number of carbonyl (C=O) groups excluding carboxylic acids is 2. The number of nitrogens with one attached hydrogen (secondary N) is 1. The molecule has 0 heterocycles. The highest BCUT2D eigenvalue weighted by molar-refractivity contribution is 5.85. The molecule has 2 atom stereocenters. The number of ether oxygens (including phenoxy) is 1. The third-order valence-corrected chi connectivity index (χ3v) is 8.92. The molecule has 7 heteroatoms. The van der Waals surface area contributed by atoms with Gasteiger partial charge in [0, 0.05) is 0 Å². The fourth-order valence-electron chi connectivity index (χ4n) is 6.86. The molecule has 0 aliphatic heterocycles. The van der Waals surface area contributed by atoms with Gasteiger partial charge in [0.2, 0.25) is 5.91 Å². The highest BCUT2D eigenvalue weighted by atomic mass is 16.5. The first-order valence-electron chi connectivity index (χ1n) is 15.2. The minimum Gasteiger partial charge on any atom is -0.480 e. The van der Waals surface area contributed by atoms with E-state index < -0.39 is 35.3 Å². The van der Waals surface area contributed by atoms with Crippen molar-refractivity contribution in [2.45, 2.75) is 30.9 Å². The second kappa shape index (κ2) is 13.1. The van der Waals surface area contributed by atoms with Crippen molar-refractivity contribution < 1.29 is 24.2 Å². The van der Waals surface area contributed by atoms with Crippen LogP contribution in [-0.4, -0.2) is 29.1 Å². The highest BCUT2D eigenvalue weighted by Crippen LogP contribution is 2.47. The fraction of sp³-hybridized carbons (Fsp3) is 0.154. The molecule has 0 spiro atoms. The summed E-state index contributed by atoms with van der Waals surface area (Å²) in [4.78, 5) is 39.3. The average molecular weight is 611 g/mol. The Bertz CT molecular complexity index is 1760. The number of primary amides is 1. The van der Waals surface area contributed by atoms with Crippen LogP contribution in [0.4, 0.5) is 4.79 Å². The molecule has 230 valence electrons. The summed E-state index contributed by atoms with van der Waals surface area (Å²) in [7, 11) is 0. The first-order chi connectivity index (χ1) is 22.4. The van der Waals surface area contributed by atoms with Crippen LogP contribution < -0.4 is 11.1 Å². The second-order valence-corrected chi connectivity index (χ2v) is 11.5. The Kier molecular flexibility index (Phi) is 8.65. The van der Waals surface area contributed by atoms with Crippen molar-refractivity contribution in [1.29, 1.82) is 0 Å². The lowest BCUT2D eigenvalue weighted by molar-refractivity contribution is -0.140. The SMILES string of the molecule is NC(=O)C(CC(NC(=O)OCc1cccc2c1Cc1ccccc1-2)C(=O)O)C(c1ccccc1)(c1ccccc1)c1ccccc1. The van der Waals surface area contributed by atoms with E-state index in [-0.39, 0.29) is 13.0 Å². The molecule has 0 aromatic heterocycles. The molecular formula is C39H34N2O5. The molecule has 0 radical (unpaired) electrons. The van der Waals surface area contributed by atoms with Crippen LogP contribution in [0.2, 0.25) is 0 Å². The van der Waals surface area contributed by atoms with E-state index in [2.05, 4.69) is 17.4 Å². The van der Waals surface area contributed by atoms with E-state index >= 15 is 0 Å². The van der Waals surface area contributed by atoms with Crippen LogP contribution in [0.25, 0.3) is 11.1 Å². The topological polar surface area (TPSA) is 119 Å². The van der Waals surface area contributed by atoms with Crippen molar-refractivity contribution in [3.8, 4) is 11.1 Å². The first-order valence-corrected chi connectivity index (χ1v) is 15.2. The van der Waals surface area contributed by atoms with Gasteiger partial charge in [-0.3, -0.25) is 4.79 Å². The number of alkyl carbamates (subject to hydrolysis) is 1. The number of hydrogen-bond donors (Lipinski definition) is 3. The number of fused-ring (bicyclic) bond motifs is 3. The number of benzene rings is 5. The van der Waals surface area contributed by atoms with Gasteiger partial charge in [0.25, 0.3) is 0 Å². The predicted octanol–water partition coefficient (Wildman–Crippen LogP) is 6.46. The van der Waals surface area contributed by atoms with E-state index in [1.807, 2.05) is 121 Å². The smallest absolute Gasteiger partial charge is 0.408 e. The van der Waals surface area contributed by atoms with Crippen molar-refractivity contribution in [2.24, 2.45) is 11.7 Å². The van der Waals surface area contributed by atoms with Gasteiger partial charge in [0.1, 0.15) is 12.6 Å². The third kappa shape index (κ3) is 5.75. The van der Waals surface area contributed by atoms with Crippen molar-refractivity contribution in [3.63, 3.8) is 0 Å². The van der Waals surface area contributed by atoms with Gasteiger partial charge in [-0.25, -0.2) is 9.59 Å². The Labute approximate surface area is 267 Å². The summed E-state index contributed by atoms with van der Waals surface area (Å²) in [6.45, 7) is -0.0312. The molecule has 0 bridgehead atoms.